The number of nitrogens with one attached hydrogen (secondary N) is 5. The van der Waals surface area contributed by atoms with E-state index in [2.05, 4.69) is 31.6 Å². The van der Waals surface area contributed by atoms with Gasteiger partial charge in [-0.3, -0.25) is 33.6 Å². The highest BCUT2D eigenvalue weighted by Crippen LogP contribution is 2.46. The summed E-state index contributed by atoms with van der Waals surface area (Å²) in [6, 6.07) is 11.2. The van der Waals surface area contributed by atoms with Crippen molar-refractivity contribution < 1.29 is 57.3 Å². The number of hydrogen-bond donors (Lipinski definition) is 6. The Morgan fingerprint density at radius 3 is 2.45 bits per heavy atom. The first kappa shape index (κ1) is 53.8. The lowest BCUT2D eigenvalue weighted by Crippen LogP contribution is -2.44. The van der Waals surface area contributed by atoms with E-state index >= 15 is 4.39 Å². The number of carbonyl (C=O) groups is 7. The lowest BCUT2D eigenvalue weighted by Gasteiger charge is -2.31. The fraction of sp³-hybridized carbons (Fsp3) is 0.444. The van der Waals surface area contributed by atoms with Crippen molar-refractivity contribution in [1.29, 1.82) is 0 Å². The Hall–Kier alpha value is -7.49. The van der Waals surface area contributed by atoms with Gasteiger partial charge in [-0.15, -0.1) is 0 Å². The fourth-order valence-corrected chi connectivity index (χ4v) is 10.1. The Morgan fingerprint density at radius 2 is 1.67 bits per heavy atom. The van der Waals surface area contributed by atoms with Crippen LogP contribution in [0.1, 0.15) is 104 Å². The molecule has 21 heteroatoms. The van der Waals surface area contributed by atoms with Gasteiger partial charge in [-0.05, 0) is 87.1 Å². The highest BCUT2D eigenvalue weighted by atomic mass is 19.1. The van der Waals surface area contributed by atoms with Crippen molar-refractivity contribution in [1.82, 2.24) is 36.1 Å². The molecule has 0 radical (unpaired) electrons. The number of allylic oxidation sites excluding steroid dienone is 1. The summed E-state index contributed by atoms with van der Waals surface area (Å²) in [4.78, 5) is 113. The van der Waals surface area contributed by atoms with Gasteiger partial charge in [0.1, 0.15) is 32.4 Å². The summed E-state index contributed by atoms with van der Waals surface area (Å²) in [6.07, 6.45) is 8.93. The molecule has 2 unspecified atom stereocenters. The van der Waals surface area contributed by atoms with Crippen molar-refractivity contribution >= 4 is 58.5 Å². The van der Waals surface area contributed by atoms with Gasteiger partial charge in [-0.2, -0.15) is 0 Å². The minimum atomic E-state index is -2.05. The Bertz CT molecular complexity index is 3050. The molecule has 0 fully saturated rings. The summed E-state index contributed by atoms with van der Waals surface area (Å²) < 4.78 is 33.3. The second-order valence-electron chi connectivity index (χ2n) is 19.3. The Kier molecular flexibility index (Phi) is 17.1. The first-order valence-electron chi connectivity index (χ1n) is 25.2. The molecule has 396 valence electrons. The number of aromatic nitrogens is 2. The molecule has 0 spiro atoms. The van der Waals surface area contributed by atoms with E-state index in [9.17, 15) is 43.5 Å². The average molecular weight is 1030 g/mol. The Morgan fingerprint density at radius 1 is 0.907 bits per heavy atom. The van der Waals surface area contributed by atoms with Crippen molar-refractivity contribution in [3.05, 3.63) is 109 Å². The zero-order chi connectivity index (χ0) is 53.4. The van der Waals surface area contributed by atoms with E-state index < -0.39 is 96.8 Å². The van der Waals surface area contributed by atoms with Crippen LogP contribution >= 0.6 is 0 Å². The molecule has 4 aliphatic rings. The Balaban J connectivity index is 0.823. The van der Waals surface area contributed by atoms with E-state index in [-0.39, 0.29) is 56.4 Å². The Labute approximate surface area is 431 Å². The molecule has 0 saturated carbocycles. The van der Waals surface area contributed by atoms with Crippen LogP contribution < -0.4 is 32.1 Å². The SMILES string of the molecule is CC[C@@]1(O)C(=O)OCc2c1cc1n(c2=O)Cc2c-1nc1cc(F)c(C)c3c1c2[C@@H](NC(=O)COCNC(=O)CNC(=O)C(C=NC(=O)CNC(=O)CNC(=O)COC1/C=C(/C)CCCCC1)Cc1ccccc1)CC3. The van der Waals surface area contributed by atoms with E-state index in [4.69, 9.17) is 19.2 Å². The molecular formula is C54H61FN8O12. The molecule has 6 amide bonds. The number of fused-ring (bicyclic) bond motifs is 5. The zero-order valence-electron chi connectivity index (χ0n) is 42.1. The quantitative estimate of drug-likeness (QED) is 0.0229. The minimum Gasteiger partial charge on any atom is -0.458 e. The number of cyclic esters (lactones) is 1. The van der Waals surface area contributed by atoms with Crippen LogP contribution in [0.15, 0.2) is 63.9 Å². The van der Waals surface area contributed by atoms with E-state index in [1.807, 2.05) is 13.0 Å². The van der Waals surface area contributed by atoms with Crippen LogP contribution in [0.5, 0.6) is 0 Å². The first-order chi connectivity index (χ1) is 36.0. The summed E-state index contributed by atoms with van der Waals surface area (Å²) in [5, 5.41) is 24.9. The molecule has 4 atom stereocenters. The van der Waals surface area contributed by atoms with Crippen LogP contribution in [0.3, 0.4) is 0 Å². The minimum absolute atomic E-state index is 0.0431. The number of pyridine rings is 2. The molecule has 2 aliphatic heterocycles. The second kappa shape index (κ2) is 23.8. The summed E-state index contributed by atoms with van der Waals surface area (Å²) in [5.41, 5.74) is 3.22. The van der Waals surface area contributed by atoms with Gasteiger partial charge in [0.2, 0.25) is 29.5 Å². The van der Waals surface area contributed by atoms with Gasteiger partial charge in [-0.1, -0.05) is 61.7 Å². The van der Waals surface area contributed by atoms with Crippen LogP contribution in [0.4, 0.5) is 4.39 Å². The maximum absolute atomic E-state index is 15.4. The molecule has 4 heterocycles. The third kappa shape index (κ3) is 12.4. The van der Waals surface area contributed by atoms with Gasteiger partial charge in [0.15, 0.2) is 5.60 Å². The molecule has 2 aliphatic carbocycles. The normalized spacial score (nSPS) is 19.7. The van der Waals surface area contributed by atoms with Crippen LogP contribution in [0.25, 0.3) is 22.3 Å². The number of hydrogen-bond acceptors (Lipinski definition) is 13. The zero-order valence-corrected chi connectivity index (χ0v) is 42.1. The van der Waals surface area contributed by atoms with Gasteiger partial charge in [-0.25, -0.2) is 19.2 Å². The van der Waals surface area contributed by atoms with E-state index in [0.29, 0.717) is 51.8 Å². The third-order valence-electron chi connectivity index (χ3n) is 14.1. The van der Waals surface area contributed by atoms with E-state index in [1.165, 1.54) is 16.2 Å². The van der Waals surface area contributed by atoms with Crippen LogP contribution in [-0.4, -0.2) is 108 Å². The molecule has 4 aromatic rings. The largest absolute Gasteiger partial charge is 0.458 e. The predicted molar refractivity (Wildman–Crippen MR) is 270 cm³/mol. The molecule has 0 bridgehead atoms. The van der Waals surface area contributed by atoms with E-state index in [0.717, 1.165) is 49.4 Å². The third-order valence-corrected chi connectivity index (χ3v) is 14.1. The highest BCUT2D eigenvalue weighted by molar-refractivity contribution is 6.00. The maximum atomic E-state index is 15.4. The number of ether oxygens (including phenoxy) is 3. The number of amides is 6. The van der Waals surface area contributed by atoms with Crippen molar-refractivity contribution in [2.45, 2.75) is 109 Å². The molecule has 8 rings (SSSR count). The van der Waals surface area contributed by atoms with Crippen molar-refractivity contribution in [3.8, 4) is 11.4 Å². The van der Waals surface area contributed by atoms with Crippen molar-refractivity contribution in [3.63, 3.8) is 0 Å². The smallest absolute Gasteiger partial charge is 0.343 e. The number of carbonyl (C=O) groups excluding carboxylic acids is 7. The lowest BCUT2D eigenvalue weighted by molar-refractivity contribution is -0.172. The standard InChI is InChI=1S/C54H61FN8O12/c1-4-54(72)38-19-42-50-36(25-63(42)52(70)37(38)26-75-53(54)71)49-40(16-15-35-31(3)39(55)20-41(62-50)48(35)49)61-47(68)27-73-29-60-45(66)24-59-51(69)33(18-32-12-8-6-9-13-32)21-56-43(64)22-57-44(65)23-58-46(67)28-74-34-14-10-5-7-11-30(2)17-34/h6,8-9,12-13,17,19-21,33-34,40,72H,4-5,7,10-11,14-16,18,22-29H2,1-3H3,(H,57,65)(H,58,67)(H,59,69)(H,60,66)(H,61,68)/b30-17-,56-21?/t33?,34?,40-,54-/m0/s1. The number of nitrogens with zero attached hydrogens (tertiary/aromatic N) is 3. The number of aryl methyl sites for hydroxylation is 1. The topological polar surface area (TPSA) is 275 Å². The van der Waals surface area contributed by atoms with Crippen LogP contribution in [0.2, 0.25) is 0 Å². The molecule has 75 heavy (non-hydrogen) atoms. The lowest BCUT2D eigenvalue weighted by atomic mass is 9.81. The summed E-state index contributed by atoms with van der Waals surface area (Å²) in [6.45, 7) is 2.63. The van der Waals surface area contributed by atoms with Gasteiger partial charge in [0, 0.05) is 28.8 Å². The summed E-state index contributed by atoms with van der Waals surface area (Å²) >= 11 is 0. The second-order valence-corrected chi connectivity index (χ2v) is 19.3. The number of esters is 1. The van der Waals surface area contributed by atoms with E-state index in [1.54, 1.807) is 50.2 Å². The highest BCUT2D eigenvalue weighted by Gasteiger charge is 2.46. The van der Waals surface area contributed by atoms with Crippen LogP contribution in [-0.2, 0) is 79.4 Å². The van der Waals surface area contributed by atoms with Gasteiger partial charge in [0.25, 0.3) is 11.5 Å². The van der Waals surface area contributed by atoms with Crippen LogP contribution in [0, 0.1) is 18.7 Å². The number of aliphatic imine (C=N–C) groups is 1. The molecule has 0 saturated heterocycles. The average Bonchev–Trinajstić information content (AvgIpc) is 3.81. The monoisotopic (exact) mass is 1030 g/mol. The predicted octanol–water partition coefficient (Wildman–Crippen LogP) is 2.82. The number of rotatable bonds is 19. The number of aliphatic hydroxyl groups is 1. The van der Waals surface area contributed by atoms with Crippen molar-refractivity contribution in [2.24, 2.45) is 10.9 Å². The summed E-state index contributed by atoms with van der Waals surface area (Å²) in [7, 11) is 0. The molecular weight excluding hydrogens is 972 g/mol. The number of halogens is 1. The maximum Gasteiger partial charge on any atom is 0.343 e. The first-order valence-corrected chi connectivity index (χ1v) is 25.2. The molecule has 20 nitrogen and oxygen atoms in total. The fourth-order valence-electron chi connectivity index (χ4n) is 10.1. The molecule has 6 N–H and O–H groups in total. The summed E-state index contributed by atoms with van der Waals surface area (Å²) in [5.74, 6) is -5.96. The molecule has 2 aromatic carbocycles. The molecule has 2 aromatic heterocycles. The number of benzene rings is 2. The van der Waals surface area contributed by atoms with Gasteiger partial charge in [0.05, 0.1) is 66.7 Å². The van der Waals surface area contributed by atoms with Gasteiger partial charge < -0.3 is 50.5 Å². The van der Waals surface area contributed by atoms with Crippen molar-refractivity contribution in [2.75, 3.05) is 39.6 Å². The van der Waals surface area contributed by atoms with Gasteiger partial charge >= 0.3 is 5.97 Å².